The molecule has 0 saturated heterocycles. The minimum atomic E-state index is -0.624. The summed E-state index contributed by atoms with van der Waals surface area (Å²) in [5.74, 6) is -0.624. The van der Waals surface area contributed by atoms with Crippen LogP contribution in [-0.4, -0.2) is 9.91 Å². The van der Waals surface area contributed by atoms with Crippen LogP contribution in [0.25, 0.3) is 0 Å². The van der Waals surface area contributed by atoms with E-state index in [1.807, 2.05) is 12.1 Å². The first-order chi connectivity index (χ1) is 9.63. The quantitative estimate of drug-likeness (QED) is 0.688. The van der Waals surface area contributed by atoms with Crippen molar-refractivity contribution in [1.82, 2.24) is 4.98 Å². The van der Waals surface area contributed by atoms with Gasteiger partial charge in [0, 0.05) is 18.0 Å². The summed E-state index contributed by atoms with van der Waals surface area (Å²) < 4.78 is 13.4. The SMILES string of the molecule is O=[N+]([O-])c1cc(F)cc(NC2CCc3cccnc32)c1. The van der Waals surface area contributed by atoms with Gasteiger partial charge in [-0.15, -0.1) is 0 Å². The van der Waals surface area contributed by atoms with E-state index in [1.54, 1.807) is 6.20 Å². The average Bonchev–Trinajstić information content (AvgIpc) is 2.82. The van der Waals surface area contributed by atoms with Crippen molar-refractivity contribution < 1.29 is 9.31 Å². The van der Waals surface area contributed by atoms with Crippen LogP contribution >= 0.6 is 0 Å². The standard InChI is InChI=1S/C14H12FN3O2/c15-10-6-11(8-12(7-10)18(19)20)17-13-4-3-9-2-1-5-16-14(9)13/h1-2,5-8,13,17H,3-4H2. The maximum atomic E-state index is 13.4. The summed E-state index contributed by atoms with van der Waals surface area (Å²) in [6.07, 6.45) is 3.46. The van der Waals surface area contributed by atoms with Crippen molar-refractivity contribution >= 4 is 11.4 Å². The molecule has 0 bridgehead atoms. The topological polar surface area (TPSA) is 68.1 Å². The van der Waals surface area contributed by atoms with Crippen molar-refractivity contribution in [2.75, 3.05) is 5.32 Å². The number of nitrogens with zero attached hydrogens (tertiary/aromatic N) is 2. The van der Waals surface area contributed by atoms with Crippen molar-refractivity contribution in [3.63, 3.8) is 0 Å². The van der Waals surface area contributed by atoms with Gasteiger partial charge in [0.1, 0.15) is 5.82 Å². The van der Waals surface area contributed by atoms with Gasteiger partial charge in [-0.2, -0.15) is 0 Å². The number of hydrogen-bond donors (Lipinski definition) is 1. The number of rotatable bonds is 3. The molecule has 0 spiro atoms. The number of halogens is 1. The number of anilines is 1. The Hall–Kier alpha value is -2.50. The lowest BCUT2D eigenvalue weighted by molar-refractivity contribution is -0.385. The van der Waals surface area contributed by atoms with Crippen LogP contribution in [0.2, 0.25) is 0 Å². The van der Waals surface area contributed by atoms with Crippen LogP contribution in [-0.2, 0) is 6.42 Å². The molecular formula is C14H12FN3O2. The van der Waals surface area contributed by atoms with E-state index >= 15 is 0 Å². The minimum Gasteiger partial charge on any atom is -0.376 e. The second-order valence-electron chi connectivity index (χ2n) is 4.74. The van der Waals surface area contributed by atoms with Gasteiger partial charge in [0.2, 0.25) is 0 Å². The van der Waals surface area contributed by atoms with E-state index < -0.39 is 10.7 Å². The van der Waals surface area contributed by atoms with Gasteiger partial charge in [0.15, 0.2) is 0 Å². The first-order valence-electron chi connectivity index (χ1n) is 6.29. The van der Waals surface area contributed by atoms with E-state index in [4.69, 9.17) is 0 Å². The number of aromatic nitrogens is 1. The molecule has 1 heterocycles. The van der Waals surface area contributed by atoms with Gasteiger partial charge in [-0.25, -0.2) is 4.39 Å². The summed E-state index contributed by atoms with van der Waals surface area (Å²) in [7, 11) is 0. The van der Waals surface area contributed by atoms with Crippen LogP contribution < -0.4 is 5.32 Å². The Morgan fingerprint density at radius 2 is 2.25 bits per heavy atom. The minimum absolute atomic E-state index is 0.0346. The van der Waals surface area contributed by atoms with E-state index in [0.29, 0.717) is 5.69 Å². The zero-order valence-corrected chi connectivity index (χ0v) is 10.5. The number of nitro groups is 1. The summed E-state index contributed by atoms with van der Waals surface area (Å²) in [5, 5.41) is 13.9. The first-order valence-corrected chi connectivity index (χ1v) is 6.29. The predicted octanol–water partition coefficient (Wildman–Crippen LogP) is 3.23. The van der Waals surface area contributed by atoms with E-state index in [-0.39, 0.29) is 11.7 Å². The summed E-state index contributed by atoms with van der Waals surface area (Å²) in [4.78, 5) is 14.5. The fourth-order valence-corrected chi connectivity index (χ4v) is 2.52. The molecule has 1 unspecified atom stereocenters. The first kappa shape index (κ1) is 12.5. The fraction of sp³-hybridized carbons (Fsp3) is 0.214. The van der Waals surface area contributed by atoms with Crippen LogP contribution in [0.4, 0.5) is 15.8 Å². The Bertz CT molecular complexity index is 675. The Kier molecular flexibility index (Phi) is 3.06. The number of pyridine rings is 1. The summed E-state index contributed by atoms with van der Waals surface area (Å²) in [6.45, 7) is 0. The maximum absolute atomic E-state index is 13.4. The third kappa shape index (κ3) is 2.32. The van der Waals surface area contributed by atoms with E-state index in [9.17, 15) is 14.5 Å². The molecule has 6 heteroatoms. The molecule has 3 rings (SSSR count). The summed E-state index contributed by atoms with van der Waals surface area (Å²) in [5.41, 5.74) is 2.24. The Morgan fingerprint density at radius 3 is 3.05 bits per heavy atom. The number of non-ortho nitro benzene ring substituents is 1. The normalized spacial score (nSPS) is 16.8. The van der Waals surface area contributed by atoms with Crippen LogP contribution in [0.5, 0.6) is 0 Å². The molecule has 1 aliphatic carbocycles. The molecule has 1 aromatic carbocycles. The maximum Gasteiger partial charge on any atom is 0.274 e. The number of hydrogen-bond acceptors (Lipinski definition) is 4. The van der Waals surface area contributed by atoms with Gasteiger partial charge in [0.25, 0.3) is 5.69 Å². The van der Waals surface area contributed by atoms with Gasteiger partial charge < -0.3 is 5.32 Å². The largest absolute Gasteiger partial charge is 0.376 e. The van der Waals surface area contributed by atoms with Gasteiger partial charge in [-0.05, 0) is 30.5 Å². The number of fused-ring (bicyclic) bond motifs is 1. The smallest absolute Gasteiger partial charge is 0.274 e. The molecule has 1 atom stereocenters. The Labute approximate surface area is 114 Å². The van der Waals surface area contributed by atoms with E-state index in [2.05, 4.69) is 10.3 Å². The average molecular weight is 273 g/mol. The van der Waals surface area contributed by atoms with Crippen molar-refractivity contribution in [3.05, 3.63) is 63.7 Å². The molecular weight excluding hydrogens is 261 g/mol. The van der Waals surface area contributed by atoms with E-state index in [0.717, 1.165) is 30.2 Å². The molecule has 0 fully saturated rings. The molecule has 5 nitrogen and oxygen atoms in total. The molecule has 102 valence electrons. The molecule has 0 saturated carbocycles. The second kappa shape index (κ2) is 4.88. The van der Waals surface area contributed by atoms with Crippen LogP contribution in [0.3, 0.4) is 0 Å². The number of benzene rings is 1. The third-order valence-electron chi connectivity index (χ3n) is 3.39. The number of nitro benzene ring substituents is 1. The Morgan fingerprint density at radius 1 is 1.40 bits per heavy atom. The molecule has 0 radical (unpaired) electrons. The van der Waals surface area contributed by atoms with Crippen molar-refractivity contribution in [2.45, 2.75) is 18.9 Å². The highest BCUT2D eigenvalue weighted by Crippen LogP contribution is 2.33. The fourth-order valence-electron chi connectivity index (χ4n) is 2.52. The molecule has 2 aromatic rings. The third-order valence-corrected chi connectivity index (χ3v) is 3.39. The lowest BCUT2D eigenvalue weighted by Gasteiger charge is -2.14. The highest BCUT2D eigenvalue weighted by molar-refractivity contribution is 5.53. The molecule has 20 heavy (non-hydrogen) atoms. The van der Waals surface area contributed by atoms with Crippen molar-refractivity contribution in [2.24, 2.45) is 0 Å². The highest BCUT2D eigenvalue weighted by Gasteiger charge is 2.24. The van der Waals surface area contributed by atoms with Crippen LogP contribution in [0, 0.1) is 15.9 Å². The van der Waals surface area contributed by atoms with Gasteiger partial charge in [0.05, 0.1) is 22.7 Å². The number of nitrogens with one attached hydrogen (secondary N) is 1. The summed E-state index contributed by atoms with van der Waals surface area (Å²) in [6, 6.07) is 7.36. The molecule has 1 N–H and O–H groups in total. The number of aryl methyl sites for hydroxylation is 1. The second-order valence-corrected chi connectivity index (χ2v) is 4.74. The van der Waals surface area contributed by atoms with Gasteiger partial charge in [-0.3, -0.25) is 15.1 Å². The zero-order chi connectivity index (χ0) is 14.1. The van der Waals surface area contributed by atoms with Crippen molar-refractivity contribution in [1.29, 1.82) is 0 Å². The lowest BCUT2D eigenvalue weighted by atomic mass is 10.2. The summed E-state index contributed by atoms with van der Waals surface area (Å²) >= 11 is 0. The predicted molar refractivity (Wildman–Crippen MR) is 72.0 cm³/mol. The zero-order valence-electron chi connectivity index (χ0n) is 10.5. The molecule has 1 aromatic heterocycles. The van der Waals surface area contributed by atoms with E-state index in [1.165, 1.54) is 12.1 Å². The molecule has 1 aliphatic rings. The monoisotopic (exact) mass is 273 g/mol. The molecule has 0 amide bonds. The van der Waals surface area contributed by atoms with Crippen LogP contribution in [0.1, 0.15) is 23.7 Å². The molecule has 0 aliphatic heterocycles. The lowest BCUT2D eigenvalue weighted by Crippen LogP contribution is -2.09. The highest BCUT2D eigenvalue weighted by atomic mass is 19.1. The van der Waals surface area contributed by atoms with Crippen molar-refractivity contribution in [3.8, 4) is 0 Å². The van der Waals surface area contributed by atoms with Gasteiger partial charge >= 0.3 is 0 Å². The van der Waals surface area contributed by atoms with Gasteiger partial charge in [-0.1, -0.05) is 6.07 Å². The van der Waals surface area contributed by atoms with Crippen LogP contribution in [0.15, 0.2) is 36.5 Å². The Balaban J connectivity index is 1.88.